The largest absolute Gasteiger partial charge is 0.457 e. The molecule has 1 saturated carbocycles. The molecule has 0 aromatic carbocycles. The van der Waals surface area contributed by atoms with Gasteiger partial charge in [0.1, 0.15) is 11.9 Å². The van der Waals surface area contributed by atoms with Gasteiger partial charge in [0.25, 0.3) is 0 Å². The Morgan fingerprint density at radius 2 is 1.86 bits per heavy atom. The summed E-state index contributed by atoms with van der Waals surface area (Å²) in [7, 11) is 2.05. The maximum absolute atomic E-state index is 13.3. The molecule has 0 aromatic heterocycles. The summed E-state index contributed by atoms with van der Waals surface area (Å²) in [5.74, 6) is -0.492. The first-order valence-corrected chi connectivity index (χ1v) is 14.2. The van der Waals surface area contributed by atoms with Crippen molar-refractivity contribution in [1.29, 1.82) is 0 Å². The Morgan fingerprint density at radius 3 is 2.47 bits per heavy atom. The number of hydrogen-bond donors (Lipinski definition) is 2. The van der Waals surface area contributed by atoms with Crippen LogP contribution in [0.25, 0.3) is 0 Å². The molecule has 36 heavy (non-hydrogen) atoms. The van der Waals surface area contributed by atoms with E-state index >= 15 is 0 Å². The molecule has 2 aliphatic heterocycles. The number of thioether (sulfide) groups is 1. The van der Waals surface area contributed by atoms with Crippen LogP contribution < -0.4 is 0 Å². The van der Waals surface area contributed by atoms with Crippen molar-refractivity contribution >= 4 is 23.5 Å². The molecule has 3 aliphatic rings. The summed E-state index contributed by atoms with van der Waals surface area (Å²) in [5.41, 5.74) is 2.10. The molecule has 0 amide bonds. The second-order valence-corrected chi connectivity index (χ2v) is 13.0. The predicted octanol–water partition coefficient (Wildman–Crippen LogP) is 5.07. The molecule has 0 bridgehead atoms. The quantitative estimate of drug-likeness (QED) is 0.389. The van der Waals surface area contributed by atoms with Crippen LogP contribution in [0.2, 0.25) is 0 Å². The molecule has 1 aliphatic carbocycles. The molecule has 2 N–H and O–H groups in total. The number of ether oxygens (including phenoxy) is 1. The summed E-state index contributed by atoms with van der Waals surface area (Å²) in [6.07, 6.45) is 4.08. The number of cyclic esters (lactones) is 1. The van der Waals surface area contributed by atoms with Crippen molar-refractivity contribution in [3.05, 3.63) is 34.4 Å². The van der Waals surface area contributed by atoms with Gasteiger partial charge in [0.05, 0.1) is 29.4 Å². The first-order valence-electron chi connectivity index (χ1n) is 13.3. The lowest BCUT2D eigenvalue weighted by Gasteiger charge is -2.34. The van der Waals surface area contributed by atoms with Gasteiger partial charge in [-0.1, -0.05) is 39.3 Å². The van der Waals surface area contributed by atoms with Crippen LogP contribution in [-0.2, 0) is 14.3 Å². The fourth-order valence-corrected chi connectivity index (χ4v) is 6.41. The average Bonchev–Trinajstić information content (AvgIpc) is 3.52. The first-order chi connectivity index (χ1) is 16.7. The van der Waals surface area contributed by atoms with Crippen LogP contribution in [0.3, 0.4) is 0 Å². The third kappa shape index (κ3) is 6.46. The Bertz CT molecular complexity index is 938. The van der Waals surface area contributed by atoms with Gasteiger partial charge in [-0.3, -0.25) is 9.59 Å². The normalized spacial score (nSPS) is 40.2. The highest BCUT2D eigenvalue weighted by Gasteiger charge is 2.47. The molecule has 202 valence electrons. The number of ketones is 1. The van der Waals surface area contributed by atoms with E-state index < -0.39 is 35.6 Å². The third-order valence-electron chi connectivity index (χ3n) is 8.71. The van der Waals surface area contributed by atoms with Crippen molar-refractivity contribution in [3.8, 4) is 0 Å². The lowest BCUT2D eigenvalue weighted by Crippen LogP contribution is -2.46. The van der Waals surface area contributed by atoms with Crippen LogP contribution in [-0.4, -0.2) is 57.6 Å². The zero-order chi connectivity index (χ0) is 26.9. The summed E-state index contributed by atoms with van der Waals surface area (Å²) in [4.78, 5) is 28.5. The Balaban J connectivity index is 1.88. The number of hydrogen-bond acceptors (Lipinski definition) is 7. The van der Waals surface area contributed by atoms with Gasteiger partial charge in [-0.15, -0.1) is 11.8 Å². The van der Waals surface area contributed by atoms with Crippen molar-refractivity contribution in [2.24, 2.45) is 29.1 Å². The maximum Gasteiger partial charge on any atom is 0.309 e. The zero-order valence-electron chi connectivity index (χ0n) is 23.2. The van der Waals surface area contributed by atoms with Crippen molar-refractivity contribution in [2.45, 2.75) is 97.8 Å². The van der Waals surface area contributed by atoms with Crippen molar-refractivity contribution in [1.82, 2.24) is 4.90 Å². The summed E-state index contributed by atoms with van der Waals surface area (Å²) >= 11 is 1.75. The minimum atomic E-state index is -1.20. The monoisotopic (exact) mass is 519 g/mol. The van der Waals surface area contributed by atoms with E-state index in [1.165, 1.54) is 5.57 Å². The number of aliphatic hydroxyl groups excluding tert-OH is 2. The number of allylic oxidation sites excluding steroid dienone is 2. The molecule has 0 spiro atoms. The zero-order valence-corrected chi connectivity index (χ0v) is 24.0. The third-order valence-corrected chi connectivity index (χ3v) is 9.79. The van der Waals surface area contributed by atoms with Gasteiger partial charge in [-0.05, 0) is 68.4 Å². The SMILES string of the molecule is C/C1=C/C[C@@H](/C(C)=C/C2=CSC(C)N2C)OC(=O)C[C@H](O)C(C)(C)C(=O)[C@H](C)[C@@H](O)[C@@H](C)C2CC2C1. The minimum absolute atomic E-state index is 0.00225. The Morgan fingerprint density at radius 1 is 1.19 bits per heavy atom. The van der Waals surface area contributed by atoms with Gasteiger partial charge < -0.3 is 19.8 Å². The standard InChI is InChI=1S/C29H45NO5S/c1-16-9-10-24(17(2)12-22-15-36-20(5)30(22)8)35-26(32)14-25(31)29(6,7)28(34)19(4)27(33)18(3)23-13-21(23)11-16/h9,12,15,18-21,23-25,27,31,33H,10-11,13-14H2,1-8H3/b16-9-,17-12+/t18-,19+,20?,21?,23?,24-,25-,27-/m0/s1. The fraction of sp³-hybridized carbons (Fsp3) is 0.724. The van der Waals surface area contributed by atoms with Gasteiger partial charge in [0.15, 0.2) is 0 Å². The van der Waals surface area contributed by atoms with Crippen molar-refractivity contribution in [3.63, 3.8) is 0 Å². The lowest BCUT2D eigenvalue weighted by molar-refractivity contribution is -0.154. The van der Waals surface area contributed by atoms with Crippen LogP contribution in [0.15, 0.2) is 34.4 Å². The Hall–Kier alpha value is -1.57. The average molecular weight is 520 g/mol. The lowest BCUT2D eigenvalue weighted by atomic mass is 9.72. The fourth-order valence-electron chi connectivity index (χ4n) is 5.53. The highest BCUT2D eigenvalue weighted by molar-refractivity contribution is 8.02. The number of fused-ring (bicyclic) bond motifs is 1. The van der Waals surface area contributed by atoms with Crippen LogP contribution in [0.4, 0.5) is 0 Å². The van der Waals surface area contributed by atoms with Gasteiger partial charge in [-0.2, -0.15) is 0 Å². The molecule has 0 radical (unpaired) electrons. The Labute approximate surface area is 221 Å². The summed E-state index contributed by atoms with van der Waals surface area (Å²) < 4.78 is 5.91. The van der Waals surface area contributed by atoms with E-state index in [0.717, 1.165) is 24.1 Å². The topological polar surface area (TPSA) is 87.1 Å². The van der Waals surface area contributed by atoms with Gasteiger partial charge in [0, 0.05) is 25.1 Å². The van der Waals surface area contributed by atoms with E-state index in [1.807, 2.05) is 13.8 Å². The van der Waals surface area contributed by atoms with E-state index in [9.17, 15) is 19.8 Å². The van der Waals surface area contributed by atoms with Crippen molar-refractivity contribution in [2.75, 3.05) is 7.05 Å². The molecule has 1 fully saturated rings. The second-order valence-electron chi connectivity index (χ2n) is 11.9. The molecule has 3 unspecified atom stereocenters. The van der Waals surface area contributed by atoms with E-state index in [2.05, 4.69) is 43.4 Å². The number of carbonyl (C=O) groups is 2. The summed E-state index contributed by atoms with van der Waals surface area (Å²) in [6.45, 7) is 13.3. The molecule has 0 aromatic rings. The number of rotatable bonds is 2. The maximum atomic E-state index is 13.3. The number of esters is 1. The highest BCUT2D eigenvalue weighted by atomic mass is 32.2. The molecule has 7 heteroatoms. The molecular formula is C29H45NO5S. The van der Waals surface area contributed by atoms with Crippen molar-refractivity contribution < 1.29 is 24.5 Å². The van der Waals surface area contributed by atoms with Gasteiger partial charge in [-0.25, -0.2) is 0 Å². The molecular weight excluding hydrogens is 474 g/mol. The molecule has 6 nitrogen and oxygen atoms in total. The Kier molecular flexibility index (Phi) is 9.22. The van der Waals surface area contributed by atoms with E-state index in [1.54, 1.807) is 32.5 Å². The van der Waals surface area contributed by atoms with Gasteiger partial charge in [0.2, 0.25) is 0 Å². The molecule has 0 saturated heterocycles. The number of nitrogens with zero attached hydrogens (tertiary/aromatic N) is 1. The summed E-state index contributed by atoms with van der Waals surface area (Å²) in [5, 5.41) is 24.4. The molecule has 3 rings (SSSR count). The van der Waals surface area contributed by atoms with E-state index in [-0.39, 0.29) is 18.1 Å². The number of carbonyl (C=O) groups excluding carboxylic acids is 2. The van der Waals surface area contributed by atoms with Crippen LogP contribution >= 0.6 is 11.8 Å². The second kappa shape index (κ2) is 11.4. The highest BCUT2D eigenvalue weighted by Crippen LogP contribution is 2.50. The predicted molar refractivity (Wildman–Crippen MR) is 145 cm³/mol. The van der Waals surface area contributed by atoms with E-state index in [4.69, 9.17) is 4.74 Å². The van der Waals surface area contributed by atoms with Gasteiger partial charge >= 0.3 is 5.97 Å². The van der Waals surface area contributed by atoms with E-state index in [0.29, 0.717) is 23.6 Å². The summed E-state index contributed by atoms with van der Waals surface area (Å²) in [6, 6.07) is 0. The number of Topliss-reactive ketones (excluding diaryl/α,β-unsaturated/α-hetero) is 1. The minimum Gasteiger partial charge on any atom is -0.457 e. The smallest absolute Gasteiger partial charge is 0.309 e. The van der Waals surface area contributed by atoms with Crippen LogP contribution in [0.1, 0.15) is 74.1 Å². The van der Waals surface area contributed by atoms with Crippen LogP contribution in [0.5, 0.6) is 0 Å². The number of likely N-dealkylation sites (N-methyl/N-ethyl adjacent to an activating group) is 1. The number of aliphatic hydroxyl groups is 2. The molecule has 2 heterocycles. The molecule has 8 atom stereocenters. The first kappa shape index (κ1) is 29.0. The van der Waals surface area contributed by atoms with Crippen LogP contribution in [0, 0.1) is 29.1 Å².